The van der Waals surface area contributed by atoms with E-state index in [2.05, 4.69) is 10.6 Å². The second kappa shape index (κ2) is 9.52. The molecule has 1 aliphatic rings. The number of aromatic nitrogens is 2. The molecule has 10 heteroatoms. The van der Waals surface area contributed by atoms with Crippen LogP contribution in [0.5, 0.6) is 0 Å². The number of sulfone groups is 1. The highest BCUT2D eigenvalue weighted by atomic mass is 35.5. The summed E-state index contributed by atoms with van der Waals surface area (Å²) < 4.78 is 38.6. The molecule has 1 aliphatic carbocycles. The second-order valence-corrected chi connectivity index (χ2v) is 10.9. The van der Waals surface area contributed by atoms with Crippen molar-refractivity contribution in [2.75, 3.05) is 17.3 Å². The molecule has 33 heavy (non-hydrogen) atoms. The Labute approximate surface area is 196 Å². The van der Waals surface area contributed by atoms with Crippen LogP contribution < -0.4 is 10.6 Å². The van der Waals surface area contributed by atoms with Crippen LogP contribution in [0.2, 0.25) is 5.02 Å². The van der Waals surface area contributed by atoms with Gasteiger partial charge in [0, 0.05) is 22.9 Å². The van der Waals surface area contributed by atoms with Crippen molar-refractivity contribution in [3.63, 3.8) is 0 Å². The van der Waals surface area contributed by atoms with E-state index in [1.54, 1.807) is 16.8 Å². The summed E-state index contributed by atoms with van der Waals surface area (Å²) in [7, 11) is -3.19. The number of benzene rings is 2. The van der Waals surface area contributed by atoms with Gasteiger partial charge in [-0.25, -0.2) is 22.3 Å². The van der Waals surface area contributed by atoms with Gasteiger partial charge in [0.15, 0.2) is 0 Å². The van der Waals surface area contributed by atoms with Gasteiger partial charge in [0.05, 0.1) is 29.4 Å². The third-order valence-corrected chi connectivity index (χ3v) is 6.51. The zero-order valence-electron chi connectivity index (χ0n) is 18.0. The van der Waals surface area contributed by atoms with Gasteiger partial charge < -0.3 is 10.6 Å². The van der Waals surface area contributed by atoms with E-state index in [0.717, 1.165) is 36.2 Å². The summed E-state index contributed by atoms with van der Waals surface area (Å²) in [5.41, 5.74) is 3.15. The Morgan fingerprint density at radius 1 is 1.21 bits per heavy atom. The molecule has 2 aromatic carbocycles. The van der Waals surface area contributed by atoms with Crippen molar-refractivity contribution in [3.05, 3.63) is 76.3 Å². The first-order valence-electron chi connectivity index (χ1n) is 10.5. The Kier molecular flexibility index (Phi) is 6.71. The first-order chi connectivity index (χ1) is 15.7. The molecule has 2 amide bonds. The molecule has 0 atom stereocenters. The highest BCUT2D eigenvalue weighted by Gasteiger charge is 2.27. The van der Waals surface area contributed by atoms with Gasteiger partial charge in [0.2, 0.25) is 0 Å². The summed E-state index contributed by atoms with van der Waals surface area (Å²) in [5.74, 6) is -0.257. The maximum Gasteiger partial charge on any atom is 0.319 e. The Hall–Kier alpha value is -2.91. The number of halogens is 2. The molecule has 0 radical (unpaired) electrons. The highest BCUT2D eigenvalue weighted by molar-refractivity contribution is 7.90. The fourth-order valence-corrected chi connectivity index (χ4v) is 4.22. The van der Waals surface area contributed by atoms with Crippen LogP contribution in [0.3, 0.4) is 0 Å². The first-order valence-corrected chi connectivity index (χ1v) is 13.0. The van der Waals surface area contributed by atoms with Crippen LogP contribution in [0.1, 0.15) is 35.7 Å². The van der Waals surface area contributed by atoms with Crippen LogP contribution in [0, 0.1) is 5.82 Å². The largest absolute Gasteiger partial charge is 0.332 e. The predicted octanol–water partition coefficient (Wildman–Crippen LogP) is 4.45. The van der Waals surface area contributed by atoms with Crippen molar-refractivity contribution in [3.8, 4) is 5.69 Å². The van der Waals surface area contributed by atoms with Gasteiger partial charge in [0.1, 0.15) is 15.7 Å². The van der Waals surface area contributed by atoms with Crippen LogP contribution in [0.4, 0.5) is 14.9 Å². The molecule has 7 nitrogen and oxygen atoms in total. The number of carbonyl (C=O) groups is 1. The van der Waals surface area contributed by atoms with Gasteiger partial charge in [-0.3, -0.25) is 0 Å². The number of carbonyl (C=O) groups excluding carboxylic acids is 1. The van der Waals surface area contributed by atoms with E-state index >= 15 is 0 Å². The van der Waals surface area contributed by atoms with E-state index in [4.69, 9.17) is 16.7 Å². The summed E-state index contributed by atoms with van der Waals surface area (Å²) in [6.45, 7) is 0.215. The van der Waals surface area contributed by atoms with E-state index in [-0.39, 0.29) is 30.0 Å². The zero-order valence-corrected chi connectivity index (χ0v) is 19.6. The molecule has 0 saturated heterocycles. The number of hydrogen-bond acceptors (Lipinski definition) is 4. The Morgan fingerprint density at radius 3 is 2.67 bits per heavy atom. The number of aryl methyl sites for hydroxylation is 1. The monoisotopic (exact) mass is 490 g/mol. The van der Waals surface area contributed by atoms with E-state index in [0.29, 0.717) is 10.9 Å². The van der Waals surface area contributed by atoms with Crippen LogP contribution in [-0.2, 0) is 22.8 Å². The zero-order chi connectivity index (χ0) is 23.6. The van der Waals surface area contributed by atoms with E-state index < -0.39 is 21.7 Å². The number of hydrogen-bond donors (Lipinski definition) is 2. The Bertz CT molecular complexity index is 1290. The SMILES string of the molecule is CS(=O)(=O)CCc1ccc(NC(=O)NCc2cc(C3CC3)nn2-c2cccc(Cl)c2)cc1F. The number of nitrogens with zero attached hydrogens (tertiary/aromatic N) is 2. The molecule has 1 heterocycles. The smallest absolute Gasteiger partial charge is 0.319 e. The average molecular weight is 491 g/mol. The van der Waals surface area contributed by atoms with Crippen LogP contribution in [-0.4, -0.2) is 36.2 Å². The minimum Gasteiger partial charge on any atom is -0.332 e. The van der Waals surface area contributed by atoms with Gasteiger partial charge in [-0.05, 0) is 61.2 Å². The van der Waals surface area contributed by atoms with E-state index in [1.165, 1.54) is 12.1 Å². The van der Waals surface area contributed by atoms with Crippen molar-refractivity contribution in [1.82, 2.24) is 15.1 Å². The standard InChI is InChI=1S/C23H24ClFN4O3S/c1-33(31,32)10-9-15-7-8-18(12-21(15)25)27-23(30)26-14-20-13-22(16-5-6-16)28-29(20)19-4-2-3-17(24)11-19/h2-4,7-8,11-13,16H,5-6,9-10,14H2,1H3,(H2,26,27,30). The molecule has 0 unspecified atom stereocenters. The minimum absolute atomic E-state index is 0.0773. The number of nitrogens with one attached hydrogen (secondary N) is 2. The van der Waals surface area contributed by atoms with Crippen molar-refractivity contribution in [2.45, 2.75) is 31.7 Å². The molecule has 1 fully saturated rings. The molecule has 2 N–H and O–H groups in total. The lowest BCUT2D eigenvalue weighted by Crippen LogP contribution is -2.29. The number of amides is 2. The molecule has 1 aromatic heterocycles. The third kappa shape index (κ3) is 6.33. The van der Waals surface area contributed by atoms with Gasteiger partial charge in [-0.2, -0.15) is 5.10 Å². The number of urea groups is 1. The maximum atomic E-state index is 14.3. The summed E-state index contributed by atoms with van der Waals surface area (Å²) in [6, 6.07) is 13.0. The molecular weight excluding hydrogens is 467 g/mol. The lowest BCUT2D eigenvalue weighted by molar-refractivity contribution is 0.251. The van der Waals surface area contributed by atoms with Gasteiger partial charge in [-0.15, -0.1) is 0 Å². The quantitative estimate of drug-likeness (QED) is 0.488. The second-order valence-electron chi connectivity index (χ2n) is 8.22. The van der Waals surface area contributed by atoms with Gasteiger partial charge in [0.25, 0.3) is 0 Å². The van der Waals surface area contributed by atoms with Gasteiger partial charge >= 0.3 is 6.03 Å². The summed E-state index contributed by atoms with van der Waals surface area (Å²) >= 11 is 6.13. The van der Waals surface area contributed by atoms with Gasteiger partial charge in [-0.1, -0.05) is 23.7 Å². The summed E-state index contributed by atoms with van der Waals surface area (Å²) in [4.78, 5) is 12.4. The van der Waals surface area contributed by atoms with Crippen molar-refractivity contribution >= 4 is 33.2 Å². The van der Waals surface area contributed by atoms with Crippen LogP contribution in [0.25, 0.3) is 5.69 Å². The maximum absolute atomic E-state index is 14.3. The fourth-order valence-electron chi connectivity index (χ4n) is 3.45. The average Bonchev–Trinajstić information content (AvgIpc) is 3.50. The normalized spacial score (nSPS) is 13.7. The molecule has 0 aliphatic heterocycles. The Balaban J connectivity index is 1.41. The van der Waals surface area contributed by atoms with Crippen molar-refractivity contribution in [1.29, 1.82) is 0 Å². The highest BCUT2D eigenvalue weighted by Crippen LogP contribution is 2.39. The number of anilines is 1. The molecular formula is C23H24ClFN4O3S. The third-order valence-electron chi connectivity index (χ3n) is 5.33. The molecule has 3 aromatic rings. The molecule has 4 rings (SSSR count). The van der Waals surface area contributed by atoms with Crippen LogP contribution >= 0.6 is 11.6 Å². The Morgan fingerprint density at radius 2 is 2.00 bits per heavy atom. The lowest BCUT2D eigenvalue weighted by atomic mass is 10.1. The molecule has 0 bridgehead atoms. The van der Waals surface area contributed by atoms with Crippen LogP contribution in [0.15, 0.2) is 48.5 Å². The molecule has 174 valence electrons. The topological polar surface area (TPSA) is 93.1 Å². The lowest BCUT2D eigenvalue weighted by Gasteiger charge is -2.11. The minimum atomic E-state index is -3.19. The van der Waals surface area contributed by atoms with E-state index in [1.807, 2.05) is 24.3 Å². The van der Waals surface area contributed by atoms with Crippen molar-refractivity contribution < 1.29 is 17.6 Å². The summed E-state index contributed by atoms with van der Waals surface area (Å²) in [6.07, 6.45) is 3.39. The predicted molar refractivity (Wildman–Crippen MR) is 126 cm³/mol. The number of rotatable bonds is 8. The fraction of sp³-hybridized carbons (Fsp3) is 0.304. The van der Waals surface area contributed by atoms with E-state index in [9.17, 15) is 17.6 Å². The summed E-state index contributed by atoms with van der Waals surface area (Å²) in [5, 5.41) is 10.7. The molecule has 1 saturated carbocycles. The molecule has 0 spiro atoms. The van der Waals surface area contributed by atoms with Crippen molar-refractivity contribution in [2.24, 2.45) is 0 Å². The first kappa shape index (κ1) is 23.3.